The van der Waals surface area contributed by atoms with Crippen molar-refractivity contribution in [2.75, 3.05) is 7.11 Å². The number of ether oxygens (including phenoxy) is 1. The quantitative estimate of drug-likeness (QED) is 0.273. The van der Waals surface area contributed by atoms with Crippen LogP contribution in [-0.2, 0) is 10.8 Å². The number of benzene rings is 2. The van der Waals surface area contributed by atoms with E-state index in [-0.39, 0.29) is 33.8 Å². The molecular formula is C23H27N3O5. The largest absolute Gasteiger partial charge is 0.496 e. The topological polar surface area (TPSA) is 110 Å². The van der Waals surface area contributed by atoms with Crippen LogP contribution in [0, 0.1) is 10.1 Å². The molecule has 0 saturated carbocycles. The maximum Gasteiger partial charge on any atom is 0.312 e. The molecule has 0 spiro atoms. The normalized spacial score (nSPS) is 12.6. The molecule has 0 bridgehead atoms. The van der Waals surface area contributed by atoms with E-state index in [2.05, 4.69) is 57.8 Å². The molecule has 1 N–H and O–H groups in total. The first kappa shape index (κ1) is 22.3. The second-order valence-electron chi connectivity index (χ2n) is 9.47. The van der Waals surface area contributed by atoms with Gasteiger partial charge in [-0.05, 0) is 34.6 Å². The van der Waals surface area contributed by atoms with Crippen molar-refractivity contribution in [3.8, 4) is 11.7 Å². The number of hydrogen-bond acceptors (Lipinski definition) is 7. The molecule has 2 aromatic carbocycles. The highest BCUT2D eigenvalue weighted by molar-refractivity contribution is 5.95. The van der Waals surface area contributed by atoms with Gasteiger partial charge in [0.15, 0.2) is 11.4 Å². The lowest BCUT2D eigenvalue weighted by Crippen LogP contribution is -2.16. The third kappa shape index (κ3) is 4.38. The standard InChI is InChI=1S/C23H27N3O5/c1-22(2,3)13-10-15-19(21(27)31-20(15)16(11-13)23(4,5)6)25-24-17-9-8-14(30-7)12-18(17)26(28)29/h8-12,27H,1-7H3. The van der Waals surface area contributed by atoms with Gasteiger partial charge in [0.2, 0.25) is 0 Å². The SMILES string of the molecule is COc1ccc(N=Nc2c(O)oc3c(C(C)(C)C)cc(C(C)(C)C)cc23)c([N+](=O)[O-])c1. The molecule has 0 aliphatic heterocycles. The van der Waals surface area contributed by atoms with Crippen LogP contribution < -0.4 is 4.74 Å². The molecule has 0 unspecified atom stereocenters. The van der Waals surface area contributed by atoms with Gasteiger partial charge >= 0.3 is 5.95 Å². The third-order valence-electron chi connectivity index (χ3n) is 5.06. The van der Waals surface area contributed by atoms with Crippen molar-refractivity contribution in [3.63, 3.8) is 0 Å². The molecule has 1 heterocycles. The van der Waals surface area contributed by atoms with Crippen LogP contribution in [0.1, 0.15) is 52.7 Å². The number of furan rings is 1. The molecule has 0 aliphatic rings. The Morgan fingerprint density at radius 2 is 1.71 bits per heavy atom. The van der Waals surface area contributed by atoms with E-state index in [0.29, 0.717) is 16.7 Å². The van der Waals surface area contributed by atoms with Gasteiger partial charge in [0.25, 0.3) is 5.69 Å². The van der Waals surface area contributed by atoms with E-state index >= 15 is 0 Å². The number of methoxy groups -OCH3 is 1. The van der Waals surface area contributed by atoms with E-state index in [0.717, 1.165) is 11.1 Å². The van der Waals surface area contributed by atoms with Crippen LogP contribution in [0.25, 0.3) is 11.0 Å². The smallest absolute Gasteiger partial charge is 0.312 e. The summed E-state index contributed by atoms with van der Waals surface area (Å²) in [5.74, 6) is -0.0432. The number of hydrogen-bond donors (Lipinski definition) is 1. The molecule has 0 radical (unpaired) electrons. The van der Waals surface area contributed by atoms with Gasteiger partial charge in [0, 0.05) is 5.56 Å². The van der Waals surface area contributed by atoms with Crippen LogP contribution in [-0.4, -0.2) is 17.1 Å². The molecule has 1 aromatic heterocycles. The van der Waals surface area contributed by atoms with Crippen molar-refractivity contribution in [1.82, 2.24) is 0 Å². The number of nitro groups is 1. The summed E-state index contributed by atoms with van der Waals surface area (Å²) >= 11 is 0. The van der Waals surface area contributed by atoms with Crippen molar-refractivity contribution in [1.29, 1.82) is 0 Å². The molecular weight excluding hydrogens is 398 g/mol. The van der Waals surface area contributed by atoms with Crippen LogP contribution in [0.2, 0.25) is 0 Å². The number of aromatic hydroxyl groups is 1. The minimum atomic E-state index is -0.556. The van der Waals surface area contributed by atoms with E-state index in [1.807, 2.05) is 6.07 Å². The van der Waals surface area contributed by atoms with Crippen LogP contribution in [0.5, 0.6) is 11.7 Å². The Morgan fingerprint density at radius 3 is 2.26 bits per heavy atom. The minimum Gasteiger partial charge on any atom is -0.496 e. The maximum atomic E-state index is 11.4. The molecule has 3 rings (SSSR count). The second-order valence-corrected chi connectivity index (χ2v) is 9.47. The van der Waals surface area contributed by atoms with E-state index < -0.39 is 4.92 Å². The van der Waals surface area contributed by atoms with Crippen molar-refractivity contribution in [2.24, 2.45) is 10.2 Å². The van der Waals surface area contributed by atoms with Gasteiger partial charge in [-0.15, -0.1) is 10.2 Å². The molecule has 0 amide bonds. The van der Waals surface area contributed by atoms with Gasteiger partial charge < -0.3 is 14.3 Å². The highest BCUT2D eigenvalue weighted by Crippen LogP contribution is 2.45. The zero-order valence-electron chi connectivity index (χ0n) is 18.8. The van der Waals surface area contributed by atoms with Gasteiger partial charge in [-0.2, -0.15) is 0 Å². The van der Waals surface area contributed by atoms with Gasteiger partial charge in [0.1, 0.15) is 11.3 Å². The lowest BCUT2D eigenvalue weighted by molar-refractivity contribution is -0.384. The first-order valence-electron chi connectivity index (χ1n) is 9.87. The molecule has 8 heteroatoms. The van der Waals surface area contributed by atoms with Crippen LogP contribution in [0.4, 0.5) is 17.1 Å². The van der Waals surface area contributed by atoms with Crippen LogP contribution in [0.3, 0.4) is 0 Å². The molecule has 3 aromatic rings. The third-order valence-corrected chi connectivity index (χ3v) is 5.06. The Labute approximate surface area is 180 Å². The minimum absolute atomic E-state index is 0.0440. The Balaban J connectivity index is 2.22. The second kappa shape index (κ2) is 7.68. The molecule has 31 heavy (non-hydrogen) atoms. The summed E-state index contributed by atoms with van der Waals surface area (Å²) in [4.78, 5) is 10.9. The Morgan fingerprint density at radius 1 is 1.03 bits per heavy atom. The maximum absolute atomic E-state index is 11.4. The predicted molar refractivity (Wildman–Crippen MR) is 119 cm³/mol. The summed E-state index contributed by atoms with van der Waals surface area (Å²) in [5.41, 5.74) is 2.05. The zero-order valence-corrected chi connectivity index (χ0v) is 18.8. The zero-order chi connectivity index (χ0) is 23.1. The molecule has 164 valence electrons. The lowest BCUT2D eigenvalue weighted by Gasteiger charge is -2.25. The van der Waals surface area contributed by atoms with Crippen molar-refractivity contribution >= 4 is 28.0 Å². The summed E-state index contributed by atoms with van der Waals surface area (Å²) in [5, 5.41) is 30.7. The fourth-order valence-corrected chi connectivity index (χ4v) is 3.23. The van der Waals surface area contributed by atoms with E-state index in [4.69, 9.17) is 9.15 Å². The number of fused-ring (bicyclic) bond motifs is 1. The highest BCUT2D eigenvalue weighted by Gasteiger charge is 2.27. The number of azo groups is 1. The summed E-state index contributed by atoms with van der Waals surface area (Å²) < 4.78 is 10.7. The number of rotatable bonds is 4. The molecule has 0 aliphatic carbocycles. The summed E-state index contributed by atoms with van der Waals surface area (Å²) in [7, 11) is 1.43. The fourth-order valence-electron chi connectivity index (χ4n) is 3.23. The molecule has 0 saturated heterocycles. The van der Waals surface area contributed by atoms with E-state index in [1.165, 1.54) is 19.2 Å². The lowest BCUT2D eigenvalue weighted by atomic mass is 9.79. The average molecular weight is 425 g/mol. The first-order valence-corrected chi connectivity index (χ1v) is 9.87. The van der Waals surface area contributed by atoms with Crippen molar-refractivity contribution in [3.05, 3.63) is 51.6 Å². The highest BCUT2D eigenvalue weighted by atomic mass is 16.6. The monoisotopic (exact) mass is 425 g/mol. The Kier molecular flexibility index (Phi) is 5.52. The van der Waals surface area contributed by atoms with Crippen molar-refractivity contribution in [2.45, 2.75) is 52.4 Å². The predicted octanol–water partition coefficient (Wildman–Crippen LogP) is 7.07. The first-order chi connectivity index (χ1) is 14.3. The molecule has 0 atom stereocenters. The fraction of sp³-hybridized carbons (Fsp3) is 0.391. The van der Waals surface area contributed by atoms with Crippen molar-refractivity contribution < 1.29 is 19.2 Å². The number of nitrogens with zero attached hydrogens (tertiary/aromatic N) is 3. The van der Waals surface area contributed by atoms with E-state index in [9.17, 15) is 15.2 Å². The Bertz CT molecular complexity index is 1180. The summed E-state index contributed by atoms with van der Waals surface area (Å²) in [6.07, 6.45) is 0. The summed E-state index contributed by atoms with van der Waals surface area (Å²) in [6.45, 7) is 12.5. The summed E-state index contributed by atoms with van der Waals surface area (Å²) in [6, 6.07) is 8.28. The van der Waals surface area contributed by atoms with Gasteiger partial charge in [0.05, 0.1) is 23.5 Å². The van der Waals surface area contributed by atoms with Gasteiger partial charge in [-0.3, -0.25) is 10.1 Å². The van der Waals surface area contributed by atoms with Gasteiger partial charge in [-0.1, -0.05) is 47.6 Å². The van der Waals surface area contributed by atoms with Crippen LogP contribution in [0.15, 0.2) is 45.0 Å². The van der Waals surface area contributed by atoms with Gasteiger partial charge in [-0.25, -0.2) is 0 Å². The Hall–Kier alpha value is -3.42. The van der Waals surface area contributed by atoms with Crippen LogP contribution >= 0.6 is 0 Å². The number of nitro benzene ring substituents is 1. The molecule has 0 fully saturated rings. The molecule has 8 nitrogen and oxygen atoms in total. The van der Waals surface area contributed by atoms with E-state index in [1.54, 1.807) is 6.07 Å². The average Bonchev–Trinajstić information content (AvgIpc) is 2.98.